The number of piperazine rings is 1. The predicted octanol–water partition coefficient (Wildman–Crippen LogP) is 1.76. The fourth-order valence-electron chi connectivity index (χ4n) is 3.72. The van der Waals surface area contributed by atoms with Crippen LogP contribution in [0.25, 0.3) is 0 Å². The van der Waals surface area contributed by atoms with Gasteiger partial charge in [0.2, 0.25) is 11.8 Å². The molecule has 2 heterocycles. The molecule has 1 aliphatic rings. The van der Waals surface area contributed by atoms with E-state index in [0.29, 0.717) is 37.7 Å². The van der Waals surface area contributed by atoms with E-state index in [1.54, 1.807) is 38.6 Å². The predicted molar refractivity (Wildman–Crippen MR) is 117 cm³/mol. The van der Waals surface area contributed by atoms with Crippen molar-refractivity contribution in [2.75, 3.05) is 34.4 Å². The first-order valence-corrected chi connectivity index (χ1v) is 10.3. The van der Waals surface area contributed by atoms with Crippen molar-refractivity contribution in [1.82, 2.24) is 20.1 Å². The summed E-state index contributed by atoms with van der Waals surface area (Å²) in [4.78, 5) is 33.4. The van der Waals surface area contributed by atoms with Crippen LogP contribution in [-0.2, 0) is 22.7 Å². The van der Waals surface area contributed by atoms with Crippen molar-refractivity contribution < 1.29 is 19.1 Å². The number of methoxy groups -OCH3 is 2. The van der Waals surface area contributed by atoms with Crippen LogP contribution in [0.3, 0.4) is 0 Å². The van der Waals surface area contributed by atoms with Gasteiger partial charge in [0.25, 0.3) is 0 Å². The van der Waals surface area contributed by atoms with E-state index in [0.717, 1.165) is 16.7 Å². The number of amides is 2. The van der Waals surface area contributed by atoms with Gasteiger partial charge in [0.1, 0.15) is 11.5 Å². The number of hydrogen-bond donors (Lipinski definition) is 1. The lowest BCUT2D eigenvalue weighted by Crippen LogP contribution is -2.56. The van der Waals surface area contributed by atoms with E-state index in [1.165, 1.54) is 0 Å². The summed E-state index contributed by atoms with van der Waals surface area (Å²) in [6.07, 6.45) is 3.62. The summed E-state index contributed by atoms with van der Waals surface area (Å²) in [5.74, 6) is 1.20. The number of rotatable bonds is 8. The molecule has 1 N–H and O–H groups in total. The Morgan fingerprint density at radius 2 is 2.06 bits per heavy atom. The van der Waals surface area contributed by atoms with Crippen molar-refractivity contribution in [3.05, 3.63) is 53.3 Å². The van der Waals surface area contributed by atoms with E-state index >= 15 is 0 Å². The first kappa shape index (κ1) is 22.6. The Kier molecular flexibility index (Phi) is 7.46. The third kappa shape index (κ3) is 5.52. The van der Waals surface area contributed by atoms with Gasteiger partial charge in [-0.3, -0.25) is 19.5 Å². The zero-order chi connectivity index (χ0) is 22.4. The highest BCUT2D eigenvalue weighted by atomic mass is 16.5. The van der Waals surface area contributed by atoms with Gasteiger partial charge in [-0.1, -0.05) is 6.07 Å². The van der Waals surface area contributed by atoms with Crippen molar-refractivity contribution in [3.8, 4) is 11.5 Å². The van der Waals surface area contributed by atoms with Crippen LogP contribution in [0.4, 0.5) is 0 Å². The van der Waals surface area contributed by atoms with Crippen LogP contribution in [-0.4, -0.2) is 67.0 Å². The lowest BCUT2D eigenvalue weighted by molar-refractivity contribution is -0.138. The molecule has 1 unspecified atom stereocenters. The van der Waals surface area contributed by atoms with Gasteiger partial charge in [-0.25, -0.2) is 0 Å². The van der Waals surface area contributed by atoms with E-state index in [2.05, 4.69) is 10.3 Å². The molecule has 2 amide bonds. The minimum atomic E-state index is -0.533. The lowest BCUT2D eigenvalue weighted by Gasteiger charge is -2.35. The Morgan fingerprint density at radius 3 is 2.77 bits per heavy atom. The Labute approximate surface area is 183 Å². The molecule has 1 aromatic heterocycles. The Bertz CT molecular complexity index is 934. The van der Waals surface area contributed by atoms with Crippen LogP contribution in [0.2, 0.25) is 0 Å². The van der Waals surface area contributed by atoms with Gasteiger partial charge < -0.3 is 19.7 Å². The van der Waals surface area contributed by atoms with E-state index in [4.69, 9.17) is 9.47 Å². The van der Waals surface area contributed by atoms with Gasteiger partial charge >= 0.3 is 0 Å². The van der Waals surface area contributed by atoms with Crippen molar-refractivity contribution in [2.45, 2.75) is 32.5 Å². The molecule has 8 heteroatoms. The molecule has 31 heavy (non-hydrogen) atoms. The van der Waals surface area contributed by atoms with Crippen LogP contribution in [0, 0.1) is 6.92 Å². The zero-order valence-electron chi connectivity index (χ0n) is 18.6. The molecule has 0 radical (unpaired) electrons. The number of nitrogens with zero attached hydrogens (tertiary/aromatic N) is 3. The summed E-state index contributed by atoms with van der Waals surface area (Å²) in [6, 6.07) is 7.00. The average Bonchev–Trinajstić information content (AvgIpc) is 2.77. The molecule has 3 rings (SSSR count). The smallest absolute Gasteiger partial charge is 0.237 e. The molecule has 8 nitrogen and oxygen atoms in total. The molecule has 0 saturated carbocycles. The molecule has 0 aliphatic carbocycles. The lowest BCUT2D eigenvalue weighted by atomic mass is 10.0. The largest absolute Gasteiger partial charge is 0.497 e. The van der Waals surface area contributed by atoms with Crippen LogP contribution in [0.5, 0.6) is 11.5 Å². The van der Waals surface area contributed by atoms with Crippen molar-refractivity contribution in [3.63, 3.8) is 0 Å². The first-order valence-electron chi connectivity index (χ1n) is 10.3. The molecule has 166 valence electrons. The Hall–Kier alpha value is -3.13. The zero-order valence-corrected chi connectivity index (χ0v) is 18.6. The third-order valence-electron chi connectivity index (χ3n) is 5.65. The number of benzene rings is 1. The maximum atomic E-state index is 12.9. The highest BCUT2D eigenvalue weighted by Crippen LogP contribution is 2.27. The van der Waals surface area contributed by atoms with Gasteiger partial charge in [-0.05, 0) is 30.2 Å². The average molecular weight is 427 g/mol. The number of hydrogen-bond acceptors (Lipinski definition) is 6. The van der Waals surface area contributed by atoms with Gasteiger partial charge in [0.15, 0.2) is 0 Å². The quantitative estimate of drug-likeness (QED) is 0.693. The molecular weight excluding hydrogens is 396 g/mol. The second-order valence-corrected chi connectivity index (χ2v) is 7.71. The van der Waals surface area contributed by atoms with Gasteiger partial charge in [-0.15, -0.1) is 0 Å². The van der Waals surface area contributed by atoms with E-state index in [9.17, 15) is 9.59 Å². The Morgan fingerprint density at radius 1 is 1.26 bits per heavy atom. The van der Waals surface area contributed by atoms with Gasteiger partial charge in [-0.2, -0.15) is 0 Å². The number of ether oxygens (including phenoxy) is 2. The summed E-state index contributed by atoms with van der Waals surface area (Å²) < 4.78 is 10.8. The fourth-order valence-corrected chi connectivity index (χ4v) is 3.72. The summed E-state index contributed by atoms with van der Waals surface area (Å²) in [5, 5.41) is 2.89. The highest BCUT2D eigenvalue weighted by molar-refractivity contribution is 5.88. The second-order valence-electron chi connectivity index (χ2n) is 7.71. The molecular formula is C23H30N4O4. The number of aryl methyl sites for hydroxylation is 1. The van der Waals surface area contributed by atoms with Crippen LogP contribution in [0.15, 0.2) is 36.7 Å². The normalized spacial score (nSPS) is 16.5. The molecule has 0 spiro atoms. The van der Waals surface area contributed by atoms with Crippen molar-refractivity contribution >= 4 is 11.8 Å². The van der Waals surface area contributed by atoms with E-state index < -0.39 is 6.04 Å². The fraction of sp³-hybridized carbons (Fsp3) is 0.435. The molecule has 1 aromatic carbocycles. The molecule has 1 aliphatic heterocycles. The number of nitrogens with one attached hydrogen (secondary N) is 1. The third-order valence-corrected chi connectivity index (χ3v) is 5.65. The summed E-state index contributed by atoms with van der Waals surface area (Å²) in [6.45, 7) is 4.17. The monoisotopic (exact) mass is 426 g/mol. The molecule has 1 atom stereocenters. The van der Waals surface area contributed by atoms with E-state index in [-0.39, 0.29) is 18.2 Å². The highest BCUT2D eigenvalue weighted by Gasteiger charge is 2.33. The summed E-state index contributed by atoms with van der Waals surface area (Å²) >= 11 is 0. The number of aromatic nitrogens is 1. The minimum Gasteiger partial charge on any atom is -0.497 e. The van der Waals surface area contributed by atoms with Crippen LogP contribution >= 0.6 is 0 Å². The van der Waals surface area contributed by atoms with Crippen LogP contribution < -0.4 is 14.8 Å². The minimum absolute atomic E-state index is 0.0787. The first-order chi connectivity index (χ1) is 14.9. The molecule has 2 aromatic rings. The topological polar surface area (TPSA) is 84.0 Å². The molecule has 1 fully saturated rings. The second kappa shape index (κ2) is 10.3. The van der Waals surface area contributed by atoms with Crippen LogP contribution in [0.1, 0.15) is 23.1 Å². The number of carbonyl (C=O) groups excluding carboxylic acids is 2. The maximum Gasteiger partial charge on any atom is 0.237 e. The molecule has 0 bridgehead atoms. The van der Waals surface area contributed by atoms with Gasteiger partial charge in [0, 0.05) is 57.3 Å². The van der Waals surface area contributed by atoms with E-state index in [1.807, 2.05) is 36.1 Å². The standard InChI is InChI=1S/C23H30N4O4/c1-16-13-24-8-7-17(16)14-26(2)22(28)12-20-23(29)25-9-10-27(20)15-18-5-6-19(30-3)11-21(18)31-4/h5-8,11,13,20H,9-10,12,14-15H2,1-4H3,(H,25,29). The van der Waals surface area contributed by atoms with Crippen molar-refractivity contribution in [1.29, 1.82) is 0 Å². The summed E-state index contributed by atoms with van der Waals surface area (Å²) in [7, 11) is 4.98. The SMILES string of the molecule is COc1ccc(CN2CCNC(=O)C2CC(=O)N(C)Cc2ccncc2C)c(OC)c1. The molecule has 1 saturated heterocycles. The Balaban J connectivity index is 1.71. The van der Waals surface area contributed by atoms with Crippen molar-refractivity contribution in [2.24, 2.45) is 0 Å². The summed E-state index contributed by atoms with van der Waals surface area (Å²) in [5.41, 5.74) is 3.01. The maximum absolute atomic E-state index is 12.9. The number of pyridine rings is 1. The van der Waals surface area contributed by atoms with Gasteiger partial charge in [0.05, 0.1) is 26.7 Å². The number of carbonyl (C=O) groups is 2.